The van der Waals surface area contributed by atoms with E-state index in [0.29, 0.717) is 32.6 Å². The van der Waals surface area contributed by atoms with Gasteiger partial charge in [0.1, 0.15) is 0 Å². The number of nitrogens with one attached hydrogen (secondary N) is 1. The maximum atomic E-state index is 12.3. The summed E-state index contributed by atoms with van der Waals surface area (Å²) in [5.41, 5.74) is 2.14. The zero-order valence-electron chi connectivity index (χ0n) is 14.9. The predicted molar refractivity (Wildman–Crippen MR) is 96.5 cm³/mol. The number of benzene rings is 1. The van der Waals surface area contributed by atoms with Crippen LogP contribution in [-0.2, 0) is 16.1 Å². The Morgan fingerprint density at radius 3 is 2.68 bits per heavy atom. The second-order valence-electron chi connectivity index (χ2n) is 6.61. The summed E-state index contributed by atoms with van der Waals surface area (Å²) in [5.74, 6) is 0.189. The average molecular weight is 342 g/mol. The summed E-state index contributed by atoms with van der Waals surface area (Å²) >= 11 is 0. The van der Waals surface area contributed by atoms with Crippen molar-refractivity contribution in [1.82, 2.24) is 20.0 Å². The van der Waals surface area contributed by atoms with Crippen molar-refractivity contribution in [3.8, 4) is 5.69 Å². The third-order valence-electron chi connectivity index (χ3n) is 4.27. The van der Waals surface area contributed by atoms with Gasteiger partial charge in [0.15, 0.2) is 0 Å². The third kappa shape index (κ3) is 4.90. The molecule has 2 atom stereocenters. The van der Waals surface area contributed by atoms with Crippen molar-refractivity contribution in [2.75, 3.05) is 19.6 Å². The van der Waals surface area contributed by atoms with Crippen molar-refractivity contribution < 1.29 is 9.53 Å². The molecule has 1 saturated heterocycles. The Labute approximate surface area is 148 Å². The smallest absolute Gasteiger partial charge is 0.224 e. The molecule has 6 nitrogen and oxygen atoms in total. The van der Waals surface area contributed by atoms with Gasteiger partial charge in [0.25, 0.3) is 0 Å². The molecule has 1 aliphatic heterocycles. The molecule has 1 aromatic carbocycles. The average Bonchev–Trinajstić information content (AvgIpc) is 3.07. The number of carbonyl (C=O) groups excluding carboxylic acids is 1. The fourth-order valence-electron chi connectivity index (χ4n) is 3.14. The van der Waals surface area contributed by atoms with Crippen LogP contribution in [0.15, 0.2) is 42.7 Å². The summed E-state index contributed by atoms with van der Waals surface area (Å²) in [6.45, 7) is 6.77. The van der Waals surface area contributed by atoms with E-state index in [0.717, 1.165) is 11.3 Å². The van der Waals surface area contributed by atoms with Gasteiger partial charge in [0.05, 0.1) is 24.1 Å². The van der Waals surface area contributed by atoms with Crippen LogP contribution in [0.2, 0.25) is 0 Å². The largest absolute Gasteiger partial charge is 0.372 e. The molecule has 134 valence electrons. The van der Waals surface area contributed by atoms with Gasteiger partial charge in [-0.25, -0.2) is 4.68 Å². The molecule has 0 unspecified atom stereocenters. The van der Waals surface area contributed by atoms with E-state index in [9.17, 15) is 4.79 Å². The summed E-state index contributed by atoms with van der Waals surface area (Å²) in [6, 6.07) is 10.0. The lowest BCUT2D eigenvalue weighted by Gasteiger charge is -2.35. The van der Waals surface area contributed by atoms with Crippen molar-refractivity contribution in [2.24, 2.45) is 0 Å². The number of ether oxygens (including phenoxy) is 1. The highest BCUT2D eigenvalue weighted by Gasteiger charge is 2.25. The number of aromatic nitrogens is 2. The van der Waals surface area contributed by atoms with Gasteiger partial charge in [-0.2, -0.15) is 5.10 Å². The highest BCUT2D eigenvalue weighted by Crippen LogP contribution is 2.11. The number of para-hydroxylation sites is 1. The second-order valence-corrected chi connectivity index (χ2v) is 6.61. The van der Waals surface area contributed by atoms with Crippen LogP contribution in [0.3, 0.4) is 0 Å². The van der Waals surface area contributed by atoms with Crippen LogP contribution in [0, 0.1) is 0 Å². The lowest BCUT2D eigenvalue weighted by Crippen LogP contribution is -2.48. The molecule has 0 aliphatic carbocycles. The molecule has 2 aromatic rings. The number of hydrogen-bond acceptors (Lipinski definition) is 4. The first-order valence-electron chi connectivity index (χ1n) is 8.85. The van der Waals surface area contributed by atoms with Gasteiger partial charge in [-0.3, -0.25) is 4.79 Å². The van der Waals surface area contributed by atoms with Gasteiger partial charge in [-0.05, 0) is 26.0 Å². The summed E-state index contributed by atoms with van der Waals surface area (Å²) in [4.78, 5) is 14.2. The predicted octanol–water partition coefficient (Wildman–Crippen LogP) is 1.99. The number of amides is 1. The molecule has 6 heteroatoms. The van der Waals surface area contributed by atoms with Gasteiger partial charge in [0.2, 0.25) is 5.91 Å². The summed E-state index contributed by atoms with van der Waals surface area (Å²) in [5, 5.41) is 7.70. The zero-order chi connectivity index (χ0) is 17.6. The molecule has 1 amide bonds. The first-order valence-corrected chi connectivity index (χ1v) is 8.85. The van der Waals surface area contributed by atoms with Crippen molar-refractivity contribution in [1.29, 1.82) is 0 Å². The molecule has 2 heterocycles. The van der Waals surface area contributed by atoms with Crippen molar-refractivity contribution in [3.05, 3.63) is 48.3 Å². The van der Waals surface area contributed by atoms with Crippen LogP contribution in [0.5, 0.6) is 0 Å². The first kappa shape index (κ1) is 17.6. The fraction of sp³-hybridized carbons (Fsp3) is 0.474. The van der Waals surface area contributed by atoms with E-state index in [2.05, 4.69) is 10.4 Å². The molecule has 1 aliphatic rings. The maximum absolute atomic E-state index is 12.3. The van der Waals surface area contributed by atoms with Gasteiger partial charge in [0, 0.05) is 44.4 Å². The number of carbonyl (C=O) groups is 1. The Balaban J connectivity index is 1.41. The van der Waals surface area contributed by atoms with Gasteiger partial charge < -0.3 is 15.0 Å². The standard InChI is InChI=1S/C19H26N4O2/c1-15-12-22(13-16(2)25-15)19(24)8-9-20-10-17-11-21-23(14-17)18-6-4-3-5-7-18/h3-7,11,14-16,20H,8-10,12-13H2,1-2H3/t15-,16-/m1/s1. The Hall–Kier alpha value is -2.18. The molecule has 1 aromatic heterocycles. The van der Waals surface area contributed by atoms with Crippen molar-refractivity contribution in [2.45, 2.75) is 39.0 Å². The van der Waals surface area contributed by atoms with Gasteiger partial charge >= 0.3 is 0 Å². The van der Waals surface area contributed by atoms with Crippen LogP contribution in [-0.4, -0.2) is 52.4 Å². The van der Waals surface area contributed by atoms with Crippen LogP contribution in [0.4, 0.5) is 0 Å². The minimum Gasteiger partial charge on any atom is -0.372 e. The lowest BCUT2D eigenvalue weighted by atomic mass is 10.2. The minimum absolute atomic E-state index is 0.115. The molecule has 0 saturated carbocycles. The van der Waals surface area contributed by atoms with E-state index in [-0.39, 0.29) is 18.1 Å². The monoisotopic (exact) mass is 342 g/mol. The molecule has 0 spiro atoms. The van der Waals surface area contributed by atoms with E-state index in [1.807, 2.05) is 66.2 Å². The molecule has 25 heavy (non-hydrogen) atoms. The minimum atomic E-state index is 0.115. The Kier molecular flexibility index (Phi) is 5.83. The molecule has 3 rings (SSSR count). The number of rotatable bonds is 6. The highest BCUT2D eigenvalue weighted by atomic mass is 16.5. The van der Waals surface area contributed by atoms with E-state index in [1.165, 1.54) is 0 Å². The lowest BCUT2D eigenvalue weighted by molar-refractivity contribution is -0.143. The summed E-state index contributed by atoms with van der Waals surface area (Å²) in [6.07, 6.45) is 4.60. The molecule has 0 bridgehead atoms. The summed E-state index contributed by atoms with van der Waals surface area (Å²) in [7, 11) is 0. The van der Waals surface area contributed by atoms with E-state index in [1.54, 1.807) is 0 Å². The Bertz CT molecular complexity index is 676. The Morgan fingerprint density at radius 1 is 1.24 bits per heavy atom. The molecule has 0 radical (unpaired) electrons. The van der Waals surface area contributed by atoms with E-state index in [4.69, 9.17) is 4.74 Å². The van der Waals surface area contributed by atoms with Crippen LogP contribution in [0.25, 0.3) is 5.69 Å². The zero-order valence-corrected chi connectivity index (χ0v) is 14.9. The fourth-order valence-corrected chi connectivity index (χ4v) is 3.14. The van der Waals surface area contributed by atoms with Crippen molar-refractivity contribution in [3.63, 3.8) is 0 Å². The molecule has 1 fully saturated rings. The van der Waals surface area contributed by atoms with Crippen LogP contribution in [0.1, 0.15) is 25.8 Å². The van der Waals surface area contributed by atoms with Crippen LogP contribution >= 0.6 is 0 Å². The maximum Gasteiger partial charge on any atom is 0.224 e. The van der Waals surface area contributed by atoms with E-state index >= 15 is 0 Å². The molecular formula is C19H26N4O2. The van der Waals surface area contributed by atoms with Crippen LogP contribution < -0.4 is 5.32 Å². The van der Waals surface area contributed by atoms with Gasteiger partial charge in [-0.1, -0.05) is 18.2 Å². The van der Waals surface area contributed by atoms with Crippen molar-refractivity contribution >= 4 is 5.91 Å². The summed E-state index contributed by atoms with van der Waals surface area (Å²) < 4.78 is 7.53. The number of nitrogens with zero attached hydrogens (tertiary/aromatic N) is 3. The number of morpholine rings is 1. The quantitative estimate of drug-likeness (QED) is 0.816. The molecule has 1 N–H and O–H groups in total. The second kappa shape index (κ2) is 8.27. The molecular weight excluding hydrogens is 316 g/mol. The topological polar surface area (TPSA) is 59.4 Å². The SMILES string of the molecule is C[C@@H]1CN(C(=O)CCNCc2cnn(-c3ccccc3)c2)C[C@@H](C)O1. The third-order valence-corrected chi connectivity index (χ3v) is 4.27. The number of hydrogen-bond donors (Lipinski definition) is 1. The Morgan fingerprint density at radius 2 is 1.96 bits per heavy atom. The normalized spacial score (nSPS) is 20.6. The first-order chi connectivity index (χ1) is 12.1. The van der Waals surface area contributed by atoms with Gasteiger partial charge in [-0.15, -0.1) is 0 Å². The van der Waals surface area contributed by atoms with E-state index < -0.39 is 0 Å². The highest BCUT2D eigenvalue weighted by molar-refractivity contribution is 5.76.